The Morgan fingerprint density at radius 2 is 1.58 bits per heavy atom. The first-order chi connectivity index (χ1) is 8.27. The average Bonchev–Trinajstić information content (AvgIpc) is 2.24. The lowest BCUT2D eigenvalue weighted by molar-refractivity contribution is -0.336. The molecule has 0 fully saturated rings. The van der Waals surface area contributed by atoms with Crippen LogP contribution in [0.4, 0.5) is 35.1 Å². The van der Waals surface area contributed by atoms with Gasteiger partial charge in [0.05, 0.1) is 11.4 Å². The number of nitrogens with one attached hydrogen (secondary N) is 1. The quantitative estimate of drug-likeness (QED) is 0.568. The SMILES string of the molecule is CC(Br)C(=O)NCC(F)(F)C(F)(F)C(F)(F)C(F)F. The molecule has 0 spiro atoms. The maximum absolute atomic E-state index is 12.9. The molecule has 0 aliphatic carbocycles. The van der Waals surface area contributed by atoms with E-state index >= 15 is 0 Å². The summed E-state index contributed by atoms with van der Waals surface area (Å²) >= 11 is 2.61. The summed E-state index contributed by atoms with van der Waals surface area (Å²) in [6.07, 6.45) is -4.97. The minimum atomic E-state index is -6.31. The smallest absolute Gasteiger partial charge is 0.349 e. The average molecular weight is 366 g/mol. The molecule has 0 aliphatic heterocycles. The number of carbonyl (C=O) groups excluding carboxylic acids is 1. The van der Waals surface area contributed by atoms with Gasteiger partial charge in [-0.1, -0.05) is 15.9 Å². The highest BCUT2D eigenvalue weighted by molar-refractivity contribution is 9.10. The van der Waals surface area contributed by atoms with Crippen molar-refractivity contribution in [2.75, 3.05) is 6.54 Å². The first kappa shape index (κ1) is 18.4. The zero-order chi connectivity index (χ0) is 15.6. The molecule has 0 rings (SSSR count). The topological polar surface area (TPSA) is 29.1 Å². The zero-order valence-corrected chi connectivity index (χ0v) is 10.8. The summed E-state index contributed by atoms with van der Waals surface area (Å²) in [5.41, 5.74) is 0. The van der Waals surface area contributed by atoms with E-state index in [4.69, 9.17) is 0 Å². The number of rotatable bonds is 6. The molecule has 0 saturated carbocycles. The van der Waals surface area contributed by atoms with E-state index in [0.29, 0.717) is 0 Å². The normalized spacial score (nSPS) is 15.5. The highest BCUT2D eigenvalue weighted by Crippen LogP contribution is 2.48. The summed E-state index contributed by atoms with van der Waals surface area (Å²) in [4.78, 5) is 9.78. The van der Waals surface area contributed by atoms with Crippen LogP contribution in [0, 0.1) is 0 Å². The minimum Gasteiger partial charge on any atom is -0.349 e. The lowest BCUT2D eigenvalue weighted by Crippen LogP contribution is -2.61. The van der Waals surface area contributed by atoms with Crippen LogP contribution < -0.4 is 5.32 Å². The van der Waals surface area contributed by atoms with Crippen molar-refractivity contribution in [3.8, 4) is 0 Å². The largest absolute Gasteiger partial charge is 0.379 e. The van der Waals surface area contributed by atoms with Gasteiger partial charge in [-0.3, -0.25) is 4.79 Å². The van der Waals surface area contributed by atoms with Crippen molar-refractivity contribution >= 4 is 21.8 Å². The first-order valence-electron chi connectivity index (χ1n) is 4.60. The van der Waals surface area contributed by atoms with Crippen molar-refractivity contribution < 1.29 is 39.9 Å². The standard InChI is InChI=1S/C8H8BrF8NO/c1-3(9)4(19)18-2-6(12,13)8(16,17)7(14,15)5(10)11/h3,5H,2H2,1H3,(H,18,19). The second-order valence-corrected chi connectivity index (χ2v) is 4.91. The second kappa shape index (κ2) is 5.80. The van der Waals surface area contributed by atoms with Gasteiger partial charge in [0.25, 0.3) is 0 Å². The Balaban J connectivity index is 5.03. The van der Waals surface area contributed by atoms with Gasteiger partial charge < -0.3 is 5.32 Å². The van der Waals surface area contributed by atoms with Crippen molar-refractivity contribution in [1.82, 2.24) is 5.32 Å². The van der Waals surface area contributed by atoms with Crippen LogP contribution in [0.1, 0.15) is 6.92 Å². The maximum Gasteiger partial charge on any atom is 0.379 e. The van der Waals surface area contributed by atoms with E-state index in [1.807, 2.05) is 0 Å². The Kier molecular flexibility index (Phi) is 5.61. The molecule has 0 bridgehead atoms. The third-order valence-corrected chi connectivity index (χ3v) is 2.41. The number of halogens is 9. The van der Waals surface area contributed by atoms with E-state index in [0.717, 1.165) is 6.92 Å². The highest BCUT2D eigenvalue weighted by Gasteiger charge is 2.75. The van der Waals surface area contributed by atoms with Crippen LogP contribution >= 0.6 is 15.9 Å². The van der Waals surface area contributed by atoms with Gasteiger partial charge in [-0.25, -0.2) is 8.78 Å². The van der Waals surface area contributed by atoms with Crippen LogP contribution in [-0.4, -0.2) is 41.5 Å². The number of amides is 1. The van der Waals surface area contributed by atoms with Crippen molar-refractivity contribution in [1.29, 1.82) is 0 Å². The first-order valence-corrected chi connectivity index (χ1v) is 5.52. The van der Waals surface area contributed by atoms with Crippen LogP contribution in [0.15, 0.2) is 0 Å². The molecule has 1 N–H and O–H groups in total. The van der Waals surface area contributed by atoms with Gasteiger partial charge in [-0.05, 0) is 6.92 Å². The molecule has 11 heteroatoms. The predicted molar refractivity (Wildman–Crippen MR) is 52.2 cm³/mol. The number of carbonyl (C=O) groups is 1. The van der Waals surface area contributed by atoms with Gasteiger partial charge in [0.2, 0.25) is 5.91 Å². The van der Waals surface area contributed by atoms with E-state index < -0.39 is 41.5 Å². The molecular formula is C8H8BrF8NO. The summed E-state index contributed by atoms with van der Waals surface area (Å²) in [6.45, 7) is -1.05. The van der Waals surface area contributed by atoms with Gasteiger partial charge in [0, 0.05) is 0 Å². The molecule has 19 heavy (non-hydrogen) atoms. The van der Waals surface area contributed by atoms with E-state index in [1.165, 1.54) is 5.32 Å². The number of alkyl halides is 9. The van der Waals surface area contributed by atoms with Gasteiger partial charge in [0.1, 0.15) is 0 Å². The third kappa shape index (κ3) is 3.69. The van der Waals surface area contributed by atoms with Crippen molar-refractivity contribution in [2.24, 2.45) is 0 Å². The maximum atomic E-state index is 12.9. The number of hydrogen-bond acceptors (Lipinski definition) is 1. The molecule has 0 aliphatic rings. The molecule has 2 nitrogen and oxygen atoms in total. The molecule has 0 aromatic heterocycles. The van der Waals surface area contributed by atoms with E-state index in [-0.39, 0.29) is 0 Å². The molecule has 1 atom stereocenters. The lowest BCUT2D eigenvalue weighted by atomic mass is 10.0. The molecule has 1 amide bonds. The van der Waals surface area contributed by atoms with E-state index in [9.17, 15) is 39.9 Å². The highest BCUT2D eigenvalue weighted by atomic mass is 79.9. The fourth-order valence-electron chi connectivity index (χ4n) is 0.831. The Hall–Kier alpha value is -0.610. The van der Waals surface area contributed by atoms with Gasteiger partial charge >= 0.3 is 24.2 Å². The molecule has 0 aromatic carbocycles. The fraction of sp³-hybridized carbons (Fsp3) is 0.875. The second-order valence-electron chi connectivity index (χ2n) is 3.54. The van der Waals surface area contributed by atoms with Crippen LogP contribution in [0.3, 0.4) is 0 Å². The molecule has 0 saturated heterocycles. The molecule has 0 aromatic rings. The molecule has 0 radical (unpaired) electrons. The molecule has 1 unspecified atom stereocenters. The van der Waals surface area contributed by atoms with Crippen LogP contribution in [-0.2, 0) is 4.79 Å². The lowest BCUT2D eigenvalue weighted by Gasteiger charge is -2.32. The molecule has 0 heterocycles. The minimum absolute atomic E-state index is 1.05. The van der Waals surface area contributed by atoms with E-state index in [2.05, 4.69) is 15.9 Å². The summed E-state index contributed by atoms with van der Waals surface area (Å²) in [6, 6.07) is 0. The summed E-state index contributed by atoms with van der Waals surface area (Å²) in [5, 5.41) is 1.25. The summed E-state index contributed by atoms with van der Waals surface area (Å²) < 4.78 is 99.5. The van der Waals surface area contributed by atoms with Crippen molar-refractivity contribution in [3.63, 3.8) is 0 Å². The Labute approximate surface area is 110 Å². The van der Waals surface area contributed by atoms with Crippen LogP contribution in [0.25, 0.3) is 0 Å². The summed E-state index contributed by atoms with van der Waals surface area (Å²) in [7, 11) is 0. The fourth-order valence-corrected chi connectivity index (χ4v) is 0.993. The van der Waals surface area contributed by atoms with Crippen LogP contribution in [0.2, 0.25) is 0 Å². The molecule has 114 valence electrons. The van der Waals surface area contributed by atoms with Crippen LogP contribution in [0.5, 0.6) is 0 Å². The van der Waals surface area contributed by atoms with E-state index in [1.54, 1.807) is 0 Å². The monoisotopic (exact) mass is 365 g/mol. The van der Waals surface area contributed by atoms with Crippen molar-refractivity contribution in [3.05, 3.63) is 0 Å². The number of hydrogen-bond donors (Lipinski definition) is 1. The Morgan fingerprint density at radius 1 is 1.16 bits per heavy atom. The summed E-state index contributed by atoms with van der Waals surface area (Å²) in [5.74, 6) is -19.3. The third-order valence-electron chi connectivity index (χ3n) is 2.00. The van der Waals surface area contributed by atoms with Gasteiger partial charge in [0.15, 0.2) is 0 Å². The van der Waals surface area contributed by atoms with Gasteiger partial charge in [-0.2, -0.15) is 26.3 Å². The predicted octanol–water partition coefficient (Wildman–Crippen LogP) is 3.06. The Morgan fingerprint density at radius 3 is 1.89 bits per heavy atom. The van der Waals surface area contributed by atoms with Gasteiger partial charge in [-0.15, -0.1) is 0 Å². The molecular weight excluding hydrogens is 358 g/mol. The van der Waals surface area contributed by atoms with Crippen molar-refractivity contribution in [2.45, 2.75) is 35.9 Å². The Bertz CT molecular complexity index is 333. The zero-order valence-electron chi connectivity index (χ0n) is 9.17.